The molecule has 16 heavy (non-hydrogen) atoms. The largest absolute Gasteiger partial charge is 0.391 e. The van der Waals surface area contributed by atoms with Crippen molar-refractivity contribution in [2.75, 3.05) is 5.73 Å². The zero-order valence-corrected chi connectivity index (χ0v) is 8.74. The zero-order valence-electron chi connectivity index (χ0n) is 8.74. The molecule has 0 aliphatic heterocycles. The molecule has 0 bridgehead atoms. The molecule has 2 aromatic heterocycles. The first-order valence-electron chi connectivity index (χ1n) is 5.35. The summed E-state index contributed by atoms with van der Waals surface area (Å²) < 4.78 is 1.83. The minimum atomic E-state index is -0.311. The van der Waals surface area contributed by atoms with E-state index in [-0.39, 0.29) is 6.10 Å². The van der Waals surface area contributed by atoms with Gasteiger partial charge in [-0.15, -0.1) is 0 Å². The second-order valence-electron chi connectivity index (χ2n) is 4.23. The number of anilines is 1. The lowest BCUT2D eigenvalue weighted by Crippen LogP contribution is -2.17. The van der Waals surface area contributed by atoms with Crippen LogP contribution in [-0.2, 0) is 6.54 Å². The Morgan fingerprint density at radius 3 is 3.00 bits per heavy atom. The third-order valence-corrected chi connectivity index (χ3v) is 2.98. The van der Waals surface area contributed by atoms with Crippen molar-refractivity contribution < 1.29 is 5.11 Å². The molecule has 2 aromatic rings. The molecule has 0 radical (unpaired) electrons. The number of nitrogens with zero attached hydrogens (tertiary/aromatic N) is 4. The molecular weight excluding hydrogens is 206 g/mol. The van der Waals surface area contributed by atoms with Gasteiger partial charge in [-0.2, -0.15) is 0 Å². The third kappa shape index (κ3) is 1.51. The van der Waals surface area contributed by atoms with Crippen molar-refractivity contribution in [3.8, 4) is 0 Å². The lowest BCUT2D eigenvalue weighted by molar-refractivity contribution is 0.132. The standard InChI is InChI=1S/C10H13N5O/c11-9-8-10(13-4-12-9)15(5-14-8)3-7(16)6-1-2-6/h4-7,16H,1-3H2,(H2,11,12,13)/t7-/m1/s1. The molecule has 1 fully saturated rings. The number of hydrogen-bond donors (Lipinski definition) is 2. The molecule has 2 heterocycles. The SMILES string of the molecule is Nc1ncnc2c1ncn2C[C@@H](O)C1CC1. The zero-order chi connectivity index (χ0) is 11.1. The van der Waals surface area contributed by atoms with E-state index in [1.54, 1.807) is 6.33 Å². The molecule has 0 aromatic carbocycles. The van der Waals surface area contributed by atoms with E-state index >= 15 is 0 Å². The van der Waals surface area contributed by atoms with Crippen LogP contribution in [0.5, 0.6) is 0 Å². The number of imidazole rings is 1. The van der Waals surface area contributed by atoms with Crippen molar-refractivity contribution in [3.05, 3.63) is 12.7 Å². The number of aliphatic hydroxyl groups is 1. The molecule has 3 N–H and O–H groups in total. The highest BCUT2D eigenvalue weighted by molar-refractivity contribution is 5.81. The summed E-state index contributed by atoms with van der Waals surface area (Å²) in [5.74, 6) is 0.821. The van der Waals surface area contributed by atoms with Gasteiger partial charge in [-0.1, -0.05) is 0 Å². The fourth-order valence-corrected chi connectivity index (χ4v) is 1.86. The van der Waals surface area contributed by atoms with Crippen molar-refractivity contribution in [2.45, 2.75) is 25.5 Å². The summed E-state index contributed by atoms with van der Waals surface area (Å²) in [6.07, 6.45) is 4.99. The molecular formula is C10H13N5O. The fourth-order valence-electron chi connectivity index (χ4n) is 1.86. The van der Waals surface area contributed by atoms with Gasteiger partial charge in [-0.25, -0.2) is 15.0 Å². The Labute approximate surface area is 92.1 Å². The van der Waals surface area contributed by atoms with Gasteiger partial charge in [0.2, 0.25) is 0 Å². The fraction of sp³-hybridized carbons (Fsp3) is 0.500. The van der Waals surface area contributed by atoms with Crippen LogP contribution in [0.15, 0.2) is 12.7 Å². The van der Waals surface area contributed by atoms with Gasteiger partial charge < -0.3 is 15.4 Å². The number of nitrogen functional groups attached to an aromatic ring is 1. The molecule has 1 atom stereocenters. The molecule has 1 saturated carbocycles. The Morgan fingerprint density at radius 2 is 2.25 bits per heavy atom. The Bertz CT molecular complexity index is 519. The summed E-state index contributed by atoms with van der Waals surface area (Å²) in [4.78, 5) is 12.2. The van der Waals surface area contributed by atoms with Gasteiger partial charge >= 0.3 is 0 Å². The van der Waals surface area contributed by atoms with Gasteiger partial charge in [0.25, 0.3) is 0 Å². The predicted molar refractivity (Wildman–Crippen MR) is 58.5 cm³/mol. The molecule has 6 nitrogen and oxygen atoms in total. The van der Waals surface area contributed by atoms with Crippen molar-refractivity contribution in [1.29, 1.82) is 0 Å². The molecule has 3 rings (SSSR count). The Kier molecular flexibility index (Phi) is 2.03. The lowest BCUT2D eigenvalue weighted by atomic mass is 10.2. The molecule has 0 saturated heterocycles. The maximum Gasteiger partial charge on any atom is 0.165 e. The monoisotopic (exact) mass is 219 g/mol. The summed E-state index contributed by atoms with van der Waals surface area (Å²) in [7, 11) is 0. The summed E-state index contributed by atoms with van der Waals surface area (Å²) in [6, 6.07) is 0. The highest BCUT2D eigenvalue weighted by Crippen LogP contribution is 2.33. The summed E-state index contributed by atoms with van der Waals surface area (Å²) in [5.41, 5.74) is 6.97. The maximum absolute atomic E-state index is 9.87. The molecule has 0 unspecified atom stereocenters. The van der Waals surface area contributed by atoms with E-state index in [4.69, 9.17) is 5.73 Å². The number of fused-ring (bicyclic) bond motifs is 1. The second kappa shape index (κ2) is 3.41. The molecule has 0 amide bonds. The normalized spacial score (nSPS) is 17.8. The van der Waals surface area contributed by atoms with Crippen molar-refractivity contribution >= 4 is 17.0 Å². The smallest absolute Gasteiger partial charge is 0.165 e. The van der Waals surface area contributed by atoms with E-state index in [0.717, 1.165) is 12.8 Å². The summed E-state index contributed by atoms with van der Waals surface area (Å²) >= 11 is 0. The lowest BCUT2D eigenvalue weighted by Gasteiger charge is -2.09. The minimum absolute atomic E-state index is 0.311. The number of aliphatic hydroxyl groups excluding tert-OH is 1. The number of nitrogens with two attached hydrogens (primary N) is 1. The Hall–Kier alpha value is -1.69. The van der Waals surface area contributed by atoms with Gasteiger partial charge in [-0.05, 0) is 18.8 Å². The van der Waals surface area contributed by atoms with Gasteiger partial charge in [-0.3, -0.25) is 0 Å². The van der Waals surface area contributed by atoms with E-state index in [9.17, 15) is 5.11 Å². The average Bonchev–Trinajstić information content (AvgIpc) is 3.04. The maximum atomic E-state index is 9.87. The van der Waals surface area contributed by atoms with E-state index in [1.165, 1.54) is 6.33 Å². The van der Waals surface area contributed by atoms with E-state index in [0.29, 0.717) is 29.4 Å². The average molecular weight is 219 g/mol. The number of hydrogen-bond acceptors (Lipinski definition) is 5. The predicted octanol–water partition coefficient (Wildman–Crippen LogP) is 0.179. The first-order valence-corrected chi connectivity index (χ1v) is 5.35. The summed E-state index contributed by atoms with van der Waals surface area (Å²) in [6.45, 7) is 0.525. The van der Waals surface area contributed by atoms with Gasteiger partial charge in [0.05, 0.1) is 19.0 Å². The van der Waals surface area contributed by atoms with E-state index < -0.39 is 0 Å². The molecule has 0 spiro atoms. The van der Waals surface area contributed by atoms with Gasteiger partial charge in [0.15, 0.2) is 11.5 Å². The van der Waals surface area contributed by atoms with Crippen LogP contribution in [0.1, 0.15) is 12.8 Å². The van der Waals surface area contributed by atoms with Gasteiger partial charge in [0.1, 0.15) is 11.8 Å². The van der Waals surface area contributed by atoms with Crippen molar-refractivity contribution in [3.63, 3.8) is 0 Å². The minimum Gasteiger partial charge on any atom is -0.391 e. The van der Waals surface area contributed by atoms with Crippen LogP contribution in [0.3, 0.4) is 0 Å². The molecule has 1 aliphatic carbocycles. The first-order chi connectivity index (χ1) is 7.75. The first kappa shape index (κ1) is 9.53. The number of rotatable bonds is 3. The van der Waals surface area contributed by atoms with Crippen LogP contribution in [0.4, 0.5) is 5.82 Å². The van der Waals surface area contributed by atoms with Crippen LogP contribution in [0.2, 0.25) is 0 Å². The third-order valence-electron chi connectivity index (χ3n) is 2.98. The van der Waals surface area contributed by atoms with E-state index in [1.807, 2.05) is 4.57 Å². The Balaban J connectivity index is 1.94. The van der Waals surface area contributed by atoms with Crippen molar-refractivity contribution in [1.82, 2.24) is 19.5 Å². The van der Waals surface area contributed by atoms with E-state index in [2.05, 4.69) is 15.0 Å². The Morgan fingerprint density at radius 1 is 1.44 bits per heavy atom. The molecule has 84 valence electrons. The second-order valence-corrected chi connectivity index (χ2v) is 4.23. The van der Waals surface area contributed by atoms with Crippen LogP contribution in [0.25, 0.3) is 11.2 Å². The highest BCUT2D eigenvalue weighted by atomic mass is 16.3. The summed E-state index contributed by atoms with van der Waals surface area (Å²) in [5, 5.41) is 9.87. The quantitative estimate of drug-likeness (QED) is 0.768. The van der Waals surface area contributed by atoms with Crippen LogP contribution < -0.4 is 5.73 Å². The molecule has 1 aliphatic rings. The van der Waals surface area contributed by atoms with Gasteiger partial charge in [0, 0.05) is 0 Å². The van der Waals surface area contributed by atoms with Crippen LogP contribution >= 0.6 is 0 Å². The van der Waals surface area contributed by atoms with Crippen molar-refractivity contribution in [2.24, 2.45) is 5.92 Å². The topological polar surface area (TPSA) is 89.9 Å². The van der Waals surface area contributed by atoms with Crippen LogP contribution in [-0.4, -0.2) is 30.7 Å². The van der Waals surface area contributed by atoms with Crippen LogP contribution in [0, 0.1) is 5.92 Å². The highest BCUT2D eigenvalue weighted by Gasteiger charge is 2.30. The molecule has 6 heteroatoms. The number of aromatic nitrogens is 4.